The highest BCUT2D eigenvalue weighted by molar-refractivity contribution is 9.10. The molecule has 1 aromatic heterocycles. The number of rotatable bonds is 2. The van der Waals surface area contributed by atoms with Gasteiger partial charge in [0.1, 0.15) is 10.3 Å². The number of halogens is 2. The van der Waals surface area contributed by atoms with Crippen molar-refractivity contribution in [3.05, 3.63) is 39.6 Å². The van der Waals surface area contributed by atoms with E-state index in [1.807, 2.05) is 31.2 Å². The zero-order valence-corrected chi connectivity index (χ0v) is 11.7. The predicted octanol–water partition coefficient (Wildman–Crippen LogP) is 3.88. The van der Waals surface area contributed by atoms with Crippen molar-refractivity contribution in [2.75, 3.05) is 7.11 Å². The summed E-state index contributed by atoms with van der Waals surface area (Å²) in [6.07, 6.45) is 0. The van der Waals surface area contributed by atoms with Crippen LogP contribution in [0.1, 0.15) is 5.82 Å². The molecule has 0 aliphatic rings. The van der Waals surface area contributed by atoms with Gasteiger partial charge in [0, 0.05) is 10.6 Å². The van der Waals surface area contributed by atoms with E-state index < -0.39 is 0 Å². The maximum Gasteiger partial charge on any atom is 0.231 e. The molecule has 0 bridgehead atoms. The molecule has 0 aliphatic carbocycles. The highest BCUT2D eigenvalue weighted by Crippen LogP contribution is 2.33. The summed E-state index contributed by atoms with van der Waals surface area (Å²) in [6.45, 7) is 1.82. The fourth-order valence-electron chi connectivity index (χ4n) is 1.50. The quantitative estimate of drug-likeness (QED) is 0.844. The highest BCUT2D eigenvalue weighted by Gasteiger charge is 2.13. The first-order valence-corrected chi connectivity index (χ1v) is 6.13. The largest absolute Gasteiger partial charge is 0.480 e. The molecule has 2 aromatic rings. The molecule has 0 radical (unpaired) electrons. The van der Waals surface area contributed by atoms with E-state index in [2.05, 4.69) is 25.9 Å². The lowest BCUT2D eigenvalue weighted by atomic mass is 10.1. The maximum absolute atomic E-state index is 5.97. The van der Waals surface area contributed by atoms with Gasteiger partial charge in [0.15, 0.2) is 0 Å². The summed E-state index contributed by atoms with van der Waals surface area (Å²) in [5.41, 5.74) is 1.70. The smallest absolute Gasteiger partial charge is 0.231 e. The van der Waals surface area contributed by atoms with E-state index in [0.717, 1.165) is 15.7 Å². The lowest BCUT2D eigenvalue weighted by Crippen LogP contribution is -1.98. The van der Waals surface area contributed by atoms with E-state index in [1.54, 1.807) is 7.11 Å². The number of hydrogen-bond acceptors (Lipinski definition) is 3. The number of benzene rings is 1. The van der Waals surface area contributed by atoms with Gasteiger partial charge in [-0.3, -0.25) is 0 Å². The van der Waals surface area contributed by atoms with Gasteiger partial charge in [-0.15, -0.1) is 0 Å². The molecule has 0 saturated heterocycles. The van der Waals surface area contributed by atoms with Crippen LogP contribution in [0.2, 0.25) is 5.02 Å². The summed E-state index contributed by atoms with van der Waals surface area (Å²) >= 11 is 9.41. The number of aryl methyl sites for hydroxylation is 1. The summed E-state index contributed by atoms with van der Waals surface area (Å²) in [4.78, 5) is 8.58. The first-order chi connectivity index (χ1) is 8.11. The second-order valence-corrected chi connectivity index (χ2v) is 4.68. The summed E-state index contributed by atoms with van der Waals surface area (Å²) in [6, 6.07) is 7.50. The topological polar surface area (TPSA) is 35.0 Å². The van der Waals surface area contributed by atoms with Crippen molar-refractivity contribution in [1.82, 2.24) is 9.97 Å². The average molecular weight is 314 g/mol. The Morgan fingerprint density at radius 3 is 2.71 bits per heavy atom. The van der Waals surface area contributed by atoms with Crippen molar-refractivity contribution < 1.29 is 4.74 Å². The van der Waals surface area contributed by atoms with Crippen LogP contribution in [-0.2, 0) is 0 Å². The van der Waals surface area contributed by atoms with Gasteiger partial charge in [-0.2, -0.15) is 4.98 Å². The second kappa shape index (κ2) is 5.02. The van der Waals surface area contributed by atoms with Crippen LogP contribution < -0.4 is 4.74 Å². The van der Waals surface area contributed by atoms with Crippen LogP contribution in [0.15, 0.2) is 28.7 Å². The summed E-state index contributed by atoms with van der Waals surface area (Å²) in [7, 11) is 1.58. The van der Waals surface area contributed by atoms with Crippen molar-refractivity contribution in [2.24, 2.45) is 0 Å². The molecule has 88 valence electrons. The number of nitrogens with zero attached hydrogens (tertiary/aromatic N) is 2. The third-order valence-electron chi connectivity index (χ3n) is 2.22. The highest BCUT2D eigenvalue weighted by atomic mass is 79.9. The van der Waals surface area contributed by atoms with E-state index in [1.165, 1.54) is 0 Å². The average Bonchev–Trinajstić information content (AvgIpc) is 2.31. The third-order valence-corrected chi connectivity index (χ3v) is 3.17. The van der Waals surface area contributed by atoms with Crippen molar-refractivity contribution in [3.63, 3.8) is 0 Å². The first-order valence-electron chi connectivity index (χ1n) is 4.96. The van der Waals surface area contributed by atoms with E-state index >= 15 is 0 Å². The van der Waals surface area contributed by atoms with Crippen molar-refractivity contribution in [3.8, 4) is 17.1 Å². The molecule has 17 heavy (non-hydrogen) atoms. The molecule has 0 spiro atoms. The second-order valence-electron chi connectivity index (χ2n) is 3.45. The van der Waals surface area contributed by atoms with Gasteiger partial charge in [-0.25, -0.2) is 4.98 Å². The fraction of sp³-hybridized carbons (Fsp3) is 0.167. The number of methoxy groups -OCH3 is 1. The van der Waals surface area contributed by atoms with Gasteiger partial charge in [0.05, 0.1) is 12.8 Å². The van der Waals surface area contributed by atoms with Crippen LogP contribution in [0.4, 0.5) is 0 Å². The number of hydrogen-bond donors (Lipinski definition) is 0. The van der Waals surface area contributed by atoms with Crippen LogP contribution in [0.5, 0.6) is 5.88 Å². The summed E-state index contributed by atoms with van der Waals surface area (Å²) < 4.78 is 5.92. The molecule has 5 heteroatoms. The Balaban J connectivity index is 2.63. The maximum atomic E-state index is 5.97. The minimum absolute atomic E-state index is 0.521. The van der Waals surface area contributed by atoms with Crippen LogP contribution in [0.3, 0.4) is 0 Å². The molecule has 0 atom stereocenters. The molecule has 1 heterocycles. The van der Waals surface area contributed by atoms with E-state index in [4.69, 9.17) is 16.3 Å². The van der Waals surface area contributed by atoms with Crippen LogP contribution in [0, 0.1) is 6.92 Å². The Bertz CT molecular complexity index is 560. The summed E-state index contributed by atoms with van der Waals surface area (Å²) in [5, 5.41) is 0.671. The van der Waals surface area contributed by atoms with Gasteiger partial charge < -0.3 is 4.74 Å². The molecule has 0 fully saturated rings. The minimum atomic E-state index is 0.521. The fourth-order valence-corrected chi connectivity index (χ4v) is 2.25. The standard InChI is InChI=1S/C12H10BrClN2O/c1-7-15-11(10(13)12(16-7)17-2)8-4-3-5-9(14)6-8/h3-6H,1-2H3. The molecular formula is C12H10BrClN2O. The molecule has 3 nitrogen and oxygen atoms in total. The Hall–Kier alpha value is -1.13. The van der Waals surface area contributed by atoms with Crippen LogP contribution in [0.25, 0.3) is 11.3 Å². The predicted molar refractivity (Wildman–Crippen MR) is 71.5 cm³/mol. The van der Waals surface area contributed by atoms with E-state index in [9.17, 15) is 0 Å². The van der Waals surface area contributed by atoms with Gasteiger partial charge in [0.2, 0.25) is 5.88 Å². The zero-order valence-electron chi connectivity index (χ0n) is 9.37. The Labute approximate surface area is 113 Å². The summed E-state index contributed by atoms with van der Waals surface area (Å²) in [5.74, 6) is 1.17. The van der Waals surface area contributed by atoms with Gasteiger partial charge in [0.25, 0.3) is 0 Å². The Kier molecular flexibility index (Phi) is 3.64. The lowest BCUT2D eigenvalue weighted by Gasteiger charge is -2.09. The van der Waals surface area contributed by atoms with Gasteiger partial charge in [-0.1, -0.05) is 23.7 Å². The molecule has 2 rings (SSSR count). The molecular weight excluding hydrogens is 304 g/mol. The van der Waals surface area contributed by atoms with E-state index in [-0.39, 0.29) is 0 Å². The van der Waals surface area contributed by atoms with Crippen LogP contribution >= 0.6 is 27.5 Å². The molecule has 0 N–H and O–H groups in total. The van der Waals surface area contributed by atoms with Crippen molar-refractivity contribution in [1.29, 1.82) is 0 Å². The van der Waals surface area contributed by atoms with Gasteiger partial charge in [-0.05, 0) is 35.0 Å². The molecule has 0 aliphatic heterocycles. The van der Waals surface area contributed by atoms with E-state index in [0.29, 0.717) is 16.7 Å². The SMILES string of the molecule is COc1nc(C)nc(-c2cccc(Cl)c2)c1Br. The first kappa shape index (κ1) is 12.3. The van der Waals surface area contributed by atoms with Crippen LogP contribution in [-0.4, -0.2) is 17.1 Å². The Morgan fingerprint density at radius 2 is 2.06 bits per heavy atom. The third kappa shape index (κ3) is 2.58. The van der Waals surface area contributed by atoms with Crippen molar-refractivity contribution >= 4 is 27.5 Å². The molecule has 1 aromatic carbocycles. The lowest BCUT2D eigenvalue weighted by molar-refractivity contribution is 0.393. The number of ether oxygens (including phenoxy) is 1. The Morgan fingerprint density at radius 1 is 1.29 bits per heavy atom. The molecule has 0 unspecified atom stereocenters. The normalized spacial score (nSPS) is 10.4. The van der Waals surface area contributed by atoms with Crippen molar-refractivity contribution in [2.45, 2.75) is 6.92 Å². The minimum Gasteiger partial charge on any atom is -0.480 e. The molecule has 0 saturated carbocycles. The number of aromatic nitrogens is 2. The molecule has 0 amide bonds. The monoisotopic (exact) mass is 312 g/mol. The van der Waals surface area contributed by atoms with Gasteiger partial charge >= 0.3 is 0 Å². The zero-order chi connectivity index (χ0) is 12.4.